The third-order valence-corrected chi connectivity index (χ3v) is 4.36. The lowest BCUT2D eigenvalue weighted by Gasteiger charge is -2.40. The first-order valence-electron chi connectivity index (χ1n) is 6.78. The van der Waals surface area contributed by atoms with Gasteiger partial charge in [0.15, 0.2) is 0 Å². The summed E-state index contributed by atoms with van der Waals surface area (Å²) in [5.74, 6) is 1.31. The largest absolute Gasteiger partial charge is 0.371 e. The first kappa shape index (κ1) is 12.5. The van der Waals surface area contributed by atoms with Gasteiger partial charge in [-0.1, -0.05) is 24.3 Å². The zero-order valence-corrected chi connectivity index (χ0v) is 11.6. The monoisotopic (exact) mass is 265 g/mol. The van der Waals surface area contributed by atoms with Gasteiger partial charge in [0.1, 0.15) is 0 Å². The molecule has 1 aromatic rings. The highest BCUT2D eigenvalue weighted by Gasteiger charge is 2.31. The van der Waals surface area contributed by atoms with Crippen LogP contribution < -0.4 is 0 Å². The molecular formula is C15H20ClNO. The second kappa shape index (κ2) is 5.20. The van der Waals surface area contributed by atoms with Crippen LogP contribution in [-0.2, 0) is 11.2 Å². The normalized spacial score (nSPS) is 31.8. The molecule has 3 unspecified atom stereocenters. The Kier molecular flexibility index (Phi) is 3.60. The molecule has 18 heavy (non-hydrogen) atoms. The molecule has 1 aliphatic carbocycles. The van der Waals surface area contributed by atoms with Gasteiger partial charge in [0.25, 0.3) is 0 Å². The zero-order valence-electron chi connectivity index (χ0n) is 10.8. The van der Waals surface area contributed by atoms with E-state index < -0.39 is 0 Å². The Bertz CT molecular complexity index is 423. The number of ether oxygens (including phenoxy) is 1. The average Bonchev–Trinajstić information content (AvgIpc) is 2.35. The average molecular weight is 266 g/mol. The fourth-order valence-electron chi connectivity index (χ4n) is 3.21. The molecule has 2 nitrogen and oxygen atoms in total. The van der Waals surface area contributed by atoms with Gasteiger partial charge >= 0.3 is 0 Å². The van der Waals surface area contributed by atoms with E-state index in [9.17, 15) is 0 Å². The number of fused-ring (bicyclic) bond motifs is 1. The van der Waals surface area contributed by atoms with Crippen molar-refractivity contribution in [3.8, 4) is 0 Å². The highest BCUT2D eigenvalue weighted by atomic mass is 35.5. The Morgan fingerprint density at radius 2 is 2.17 bits per heavy atom. The summed E-state index contributed by atoms with van der Waals surface area (Å²) in [6.45, 7) is 5.30. The Morgan fingerprint density at radius 3 is 2.94 bits per heavy atom. The third-order valence-electron chi connectivity index (χ3n) is 4.01. The van der Waals surface area contributed by atoms with Crippen molar-refractivity contribution in [2.75, 3.05) is 25.5 Å². The minimum Gasteiger partial charge on any atom is -0.371 e. The molecular weight excluding hydrogens is 246 g/mol. The predicted octanol–water partition coefficient (Wildman–Crippen LogP) is 2.65. The van der Waals surface area contributed by atoms with E-state index in [0.29, 0.717) is 17.9 Å². The lowest BCUT2D eigenvalue weighted by molar-refractivity contribution is -0.0681. The van der Waals surface area contributed by atoms with Gasteiger partial charge < -0.3 is 4.74 Å². The molecule has 1 fully saturated rings. The van der Waals surface area contributed by atoms with Crippen LogP contribution in [0.5, 0.6) is 0 Å². The number of rotatable bonds is 3. The molecule has 1 aromatic carbocycles. The van der Waals surface area contributed by atoms with Crippen molar-refractivity contribution in [2.24, 2.45) is 0 Å². The molecule has 3 rings (SSSR count). The number of benzene rings is 1. The third kappa shape index (κ3) is 2.42. The molecule has 1 heterocycles. The van der Waals surface area contributed by atoms with E-state index in [-0.39, 0.29) is 6.10 Å². The highest BCUT2D eigenvalue weighted by Crippen LogP contribution is 2.35. The Hall–Kier alpha value is -0.570. The molecule has 0 bridgehead atoms. The SMILES string of the molecule is CC1CN(CC2Cc3ccccc32)CC(CCl)O1. The molecule has 98 valence electrons. The van der Waals surface area contributed by atoms with Crippen LogP contribution in [0.3, 0.4) is 0 Å². The van der Waals surface area contributed by atoms with Gasteiger partial charge in [-0.25, -0.2) is 0 Å². The maximum Gasteiger partial charge on any atom is 0.0841 e. The summed E-state index contributed by atoms with van der Waals surface area (Å²) >= 11 is 5.92. The van der Waals surface area contributed by atoms with Gasteiger partial charge in [0, 0.05) is 31.4 Å². The minimum absolute atomic E-state index is 0.200. The van der Waals surface area contributed by atoms with Crippen LogP contribution in [-0.4, -0.2) is 42.6 Å². The number of alkyl halides is 1. The second-order valence-corrected chi connectivity index (χ2v) is 5.85. The summed E-state index contributed by atoms with van der Waals surface area (Å²) < 4.78 is 5.79. The van der Waals surface area contributed by atoms with Gasteiger partial charge in [-0.15, -0.1) is 11.6 Å². The van der Waals surface area contributed by atoms with Crippen molar-refractivity contribution < 1.29 is 4.74 Å². The topological polar surface area (TPSA) is 12.5 Å². The molecule has 0 amide bonds. The smallest absolute Gasteiger partial charge is 0.0841 e. The van der Waals surface area contributed by atoms with Crippen molar-refractivity contribution in [3.05, 3.63) is 35.4 Å². The number of hydrogen-bond donors (Lipinski definition) is 0. The van der Waals surface area contributed by atoms with Gasteiger partial charge in [-0.2, -0.15) is 0 Å². The zero-order chi connectivity index (χ0) is 12.5. The van der Waals surface area contributed by atoms with Crippen LogP contribution in [0.15, 0.2) is 24.3 Å². The maximum atomic E-state index is 5.92. The van der Waals surface area contributed by atoms with Crippen LogP contribution in [0.25, 0.3) is 0 Å². The van der Waals surface area contributed by atoms with E-state index >= 15 is 0 Å². The molecule has 0 radical (unpaired) electrons. The van der Waals surface area contributed by atoms with Crippen molar-refractivity contribution in [1.82, 2.24) is 4.90 Å². The number of nitrogens with zero attached hydrogens (tertiary/aromatic N) is 1. The summed E-state index contributed by atoms with van der Waals surface area (Å²) in [5, 5.41) is 0. The number of halogens is 1. The summed E-state index contributed by atoms with van der Waals surface area (Å²) in [6, 6.07) is 8.80. The van der Waals surface area contributed by atoms with Crippen LogP contribution in [0.1, 0.15) is 24.0 Å². The molecule has 3 heteroatoms. The molecule has 1 aliphatic heterocycles. The van der Waals surface area contributed by atoms with Crippen molar-refractivity contribution in [2.45, 2.75) is 31.5 Å². The lowest BCUT2D eigenvalue weighted by Crippen LogP contribution is -2.49. The van der Waals surface area contributed by atoms with Crippen molar-refractivity contribution >= 4 is 11.6 Å². The molecule has 0 spiro atoms. The number of morpholine rings is 1. The van der Waals surface area contributed by atoms with Gasteiger partial charge in [-0.3, -0.25) is 4.90 Å². The molecule has 0 saturated carbocycles. The fourth-order valence-corrected chi connectivity index (χ4v) is 3.38. The Labute approximate surface area is 114 Å². The Morgan fingerprint density at radius 1 is 1.33 bits per heavy atom. The van der Waals surface area contributed by atoms with Crippen molar-refractivity contribution in [1.29, 1.82) is 0 Å². The predicted molar refractivity (Wildman–Crippen MR) is 74.4 cm³/mol. The molecule has 1 saturated heterocycles. The highest BCUT2D eigenvalue weighted by molar-refractivity contribution is 6.18. The van der Waals surface area contributed by atoms with E-state index in [0.717, 1.165) is 19.6 Å². The quantitative estimate of drug-likeness (QED) is 0.779. The summed E-state index contributed by atoms with van der Waals surface area (Å²) in [7, 11) is 0. The first-order valence-corrected chi connectivity index (χ1v) is 7.31. The first-order chi connectivity index (χ1) is 8.76. The summed E-state index contributed by atoms with van der Waals surface area (Å²) in [4.78, 5) is 2.52. The van der Waals surface area contributed by atoms with E-state index in [2.05, 4.69) is 36.1 Å². The Balaban J connectivity index is 1.61. The summed E-state index contributed by atoms with van der Waals surface area (Å²) in [5.41, 5.74) is 3.07. The molecule has 3 atom stereocenters. The van der Waals surface area contributed by atoms with Crippen LogP contribution in [0.2, 0.25) is 0 Å². The molecule has 0 aromatic heterocycles. The standard InChI is InChI=1S/C15H20ClNO/c1-11-8-17(10-14(7-16)18-11)9-13-6-12-4-2-3-5-15(12)13/h2-5,11,13-14H,6-10H2,1H3. The fraction of sp³-hybridized carbons (Fsp3) is 0.600. The maximum absolute atomic E-state index is 5.92. The van der Waals surface area contributed by atoms with Crippen molar-refractivity contribution in [3.63, 3.8) is 0 Å². The van der Waals surface area contributed by atoms with Gasteiger partial charge in [-0.05, 0) is 24.5 Å². The lowest BCUT2D eigenvalue weighted by atomic mass is 9.77. The van der Waals surface area contributed by atoms with Crippen LogP contribution in [0.4, 0.5) is 0 Å². The second-order valence-electron chi connectivity index (χ2n) is 5.54. The van der Waals surface area contributed by atoms with Crippen LogP contribution in [0, 0.1) is 0 Å². The van der Waals surface area contributed by atoms with Gasteiger partial charge in [0.2, 0.25) is 0 Å². The molecule has 2 aliphatic rings. The van der Waals surface area contributed by atoms with E-state index in [1.165, 1.54) is 12.0 Å². The van der Waals surface area contributed by atoms with E-state index in [1.54, 1.807) is 5.56 Å². The van der Waals surface area contributed by atoms with E-state index in [1.807, 2.05) is 0 Å². The van der Waals surface area contributed by atoms with Gasteiger partial charge in [0.05, 0.1) is 12.2 Å². The molecule has 0 N–H and O–H groups in total. The summed E-state index contributed by atoms with van der Waals surface area (Å²) in [6.07, 6.45) is 1.73. The number of hydrogen-bond acceptors (Lipinski definition) is 2. The minimum atomic E-state index is 0.200. The van der Waals surface area contributed by atoms with Crippen LogP contribution >= 0.6 is 11.6 Å². The van der Waals surface area contributed by atoms with E-state index in [4.69, 9.17) is 16.3 Å².